The average molecular weight is 304 g/mol. The predicted octanol–water partition coefficient (Wildman–Crippen LogP) is 2.76. The number of carbonyl (C=O) groups is 2. The van der Waals surface area contributed by atoms with Gasteiger partial charge in [-0.25, -0.2) is 0 Å². The van der Waals surface area contributed by atoms with Gasteiger partial charge in [-0.15, -0.1) is 0 Å². The predicted molar refractivity (Wildman–Crippen MR) is 88.3 cm³/mol. The highest BCUT2D eigenvalue weighted by molar-refractivity contribution is 5.88. The number of carbonyl (C=O) groups excluding carboxylic acids is 2. The Labute approximate surface area is 133 Å². The second kappa shape index (κ2) is 6.67. The Kier molecular flexibility index (Phi) is 5.09. The summed E-state index contributed by atoms with van der Waals surface area (Å²) in [5.41, 5.74) is 2.88. The van der Waals surface area contributed by atoms with E-state index in [1.54, 1.807) is 17.9 Å². The number of hydrogen-bond donors (Lipinski definition) is 0. The zero-order chi connectivity index (χ0) is 16.3. The van der Waals surface area contributed by atoms with Crippen LogP contribution >= 0.6 is 0 Å². The molecule has 2 aliphatic rings. The van der Waals surface area contributed by atoms with Crippen molar-refractivity contribution in [2.24, 2.45) is 5.41 Å². The van der Waals surface area contributed by atoms with Crippen molar-refractivity contribution < 1.29 is 9.59 Å². The molecule has 0 radical (unpaired) electrons. The molecule has 0 aromatic rings. The van der Waals surface area contributed by atoms with Gasteiger partial charge in [0.2, 0.25) is 11.8 Å². The quantitative estimate of drug-likeness (QED) is 0.736. The van der Waals surface area contributed by atoms with Gasteiger partial charge in [0.25, 0.3) is 0 Å². The minimum absolute atomic E-state index is 0.0601. The number of rotatable bonds is 2. The van der Waals surface area contributed by atoms with E-state index in [0.29, 0.717) is 26.2 Å². The number of piperazine rings is 1. The molecule has 4 heteroatoms. The van der Waals surface area contributed by atoms with E-state index in [1.807, 2.05) is 11.0 Å². The topological polar surface area (TPSA) is 40.6 Å². The molecule has 2 rings (SSSR count). The molecule has 22 heavy (non-hydrogen) atoms. The van der Waals surface area contributed by atoms with Crippen LogP contribution in [0.15, 0.2) is 23.3 Å². The van der Waals surface area contributed by atoms with Gasteiger partial charge in [-0.05, 0) is 37.2 Å². The zero-order valence-corrected chi connectivity index (χ0v) is 14.3. The zero-order valence-electron chi connectivity index (χ0n) is 14.3. The summed E-state index contributed by atoms with van der Waals surface area (Å²) in [5, 5.41) is 0. The van der Waals surface area contributed by atoms with Crippen molar-refractivity contribution in [1.29, 1.82) is 0 Å². The summed E-state index contributed by atoms with van der Waals surface area (Å²) < 4.78 is 0. The summed E-state index contributed by atoms with van der Waals surface area (Å²) >= 11 is 0. The van der Waals surface area contributed by atoms with E-state index >= 15 is 0 Å². The normalized spacial score (nSPS) is 22.4. The minimum Gasteiger partial charge on any atom is -0.339 e. The SMILES string of the molecule is CC(=O)N1CCN(C(=O)/C=C/C2=C(C)CCCC2(C)C)CC1. The van der Waals surface area contributed by atoms with Crippen LogP contribution in [0.2, 0.25) is 0 Å². The smallest absolute Gasteiger partial charge is 0.246 e. The Hall–Kier alpha value is -1.58. The molecule has 0 aromatic carbocycles. The van der Waals surface area contributed by atoms with Crippen LogP contribution in [-0.2, 0) is 9.59 Å². The molecule has 0 aromatic heterocycles. The van der Waals surface area contributed by atoms with E-state index in [1.165, 1.54) is 24.0 Å². The van der Waals surface area contributed by atoms with Crippen LogP contribution in [0.25, 0.3) is 0 Å². The van der Waals surface area contributed by atoms with Crippen LogP contribution in [-0.4, -0.2) is 47.8 Å². The Bertz CT molecular complexity index is 509. The first kappa shape index (κ1) is 16.8. The molecule has 1 fully saturated rings. The van der Waals surface area contributed by atoms with Crippen molar-refractivity contribution >= 4 is 11.8 Å². The fraction of sp³-hybridized carbons (Fsp3) is 0.667. The Morgan fingerprint density at radius 2 is 1.68 bits per heavy atom. The standard InChI is InChI=1S/C18H28N2O2/c1-14-6-5-9-18(3,4)16(14)7-8-17(22)20-12-10-19(11-13-20)15(2)21/h7-8H,5-6,9-13H2,1-4H3/b8-7+. The molecular weight excluding hydrogens is 276 g/mol. The lowest BCUT2D eigenvalue weighted by atomic mass is 9.72. The number of hydrogen-bond acceptors (Lipinski definition) is 2. The molecule has 0 atom stereocenters. The van der Waals surface area contributed by atoms with Crippen LogP contribution in [0.3, 0.4) is 0 Å². The van der Waals surface area contributed by atoms with Crippen LogP contribution < -0.4 is 0 Å². The van der Waals surface area contributed by atoms with Gasteiger partial charge in [0.05, 0.1) is 0 Å². The van der Waals surface area contributed by atoms with Crippen molar-refractivity contribution in [3.8, 4) is 0 Å². The molecule has 1 saturated heterocycles. The number of amides is 2. The van der Waals surface area contributed by atoms with E-state index in [2.05, 4.69) is 20.8 Å². The number of allylic oxidation sites excluding steroid dienone is 3. The summed E-state index contributed by atoms with van der Waals surface area (Å²) in [6, 6.07) is 0. The van der Waals surface area contributed by atoms with Crippen molar-refractivity contribution in [2.75, 3.05) is 26.2 Å². The second-order valence-electron chi connectivity index (χ2n) is 7.10. The highest BCUT2D eigenvalue weighted by Crippen LogP contribution is 2.40. The second-order valence-corrected chi connectivity index (χ2v) is 7.10. The van der Waals surface area contributed by atoms with Gasteiger partial charge in [-0.1, -0.05) is 25.5 Å². The van der Waals surface area contributed by atoms with Crippen LogP contribution in [0.1, 0.15) is 47.0 Å². The Morgan fingerprint density at radius 3 is 2.23 bits per heavy atom. The van der Waals surface area contributed by atoms with Gasteiger partial charge in [-0.2, -0.15) is 0 Å². The number of nitrogens with zero attached hydrogens (tertiary/aromatic N) is 2. The molecule has 0 N–H and O–H groups in total. The third kappa shape index (κ3) is 3.79. The first-order chi connectivity index (χ1) is 10.3. The lowest BCUT2D eigenvalue weighted by Crippen LogP contribution is -2.49. The first-order valence-electron chi connectivity index (χ1n) is 8.24. The fourth-order valence-electron chi connectivity index (χ4n) is 3.51. The van der Waals surface area contributed by atoms with Gasteiger partial charge < -0.3 is 9.80 Å². The van der Waals surface area contributed by atoms with E-state index in [-0.39, 0.29) is 17.2 Å². The average Bonchev–Trinajstić information content (AvgIpc) is 2.46. The van der Waals surface area contributed by atoms with Crippen molar-refractivity contribution in [1.82, 2.24) is 9.80 Å². The molecule has 0 spiro atoms. The molecule has 0 saturated carbocycles. The highest BCUT2D eigenvalue weighted by Gasteiger charge is 2.27. The Morgan fingerprint density at radius 1 is 1.09 bits per heavy atom. The van der Waals surface area contributed by atoms with Gasteiger partial charge in [0, 0.05) is 39.2 Å². The maximum atomic E-state index is 12.3. The maximum absolute atomic E-state index is 12.3. The molecule has 4 nitrogen and oxygen atoms in total. The van der Waals surface area contributed by atoms with Crippen molar-refractivity contribution in [3.63, 3.8) is 0 Å². The lowest BCUT2D eigenvalue weighted by Gasteiger charge is -2.34. The van der Waals surface area contributed by atoms with E-state index in [0.717, 1.165) is 6.42 Å². The molecule has 0 unspecified atom stereocenters. The molecular formula is C18H28N2O2. The molecule has 122 valence electrons. The molecule has 1 aliphatic heterocycles. The van der Waals surface area contributed by atoms with E-state index in [9.17, 15) is 9.59 Å². The van der Waals surface area contributed by atoms with Crippen molar-refractivity contribution in [3.05, 3.63) is 23.3 Å². The van der Waals surface area contributed by atoms with Crippen molar-refractivity contribution in [2.45, 2.75) is 47.0 Å². The molecule has 1 heterocycles. The summed E-state index contributed by atoms with van der Waals surface area (Å²) in [5.74, 6) is 0.150. The van der Waals surface area contributed by atoms with Gasteiger partial charge in [0.15, 0.2) is 0 Å². The summed E-state index contributed by atoms with van der Waals surface area (Å²) in [7, 11) is 0. The van der Waals surface area contributed by atoms with Crippen LogP contribution in [0, 0.1) is 5.41 Å². The van der Waals surface area contributed by atoms with Gasteiger partial charge in [-0.3, -0.25) is 9.59 Å². The molecule has 0 bridgehead atoms. The Balaban J connectivity index is 1.99. The van der Waals surface area contributed by atoms with Gasteiger partial charge >= 0.3 is 0 Å². The molecule has 1 aliphatic carbocycles. The summed E-state index contributed by atoms with van der Waals surface area (Å²) in [4.78, 5) is 27.3. The van der Waals surface area contributed by atoms with E-state index in [4.69, 9.17) is 0 Å². The summed E-state index contributed by atoms with van der Waals surface area (Å²) in [6.45, 7) is 10.8. The molecule has 2 amide bonds. The van der Waals surface area contributed by atoms with E-state index < -0.39 is 0 Å². The maximum Gasteiger partial charge on any atom is 0.246 e. The highest BCUT2D eigenvalue weighted by atomic mass is 16.2. The van der Waals surface area contributed by atoms with Gasteiger partial charge in [0.1, 0.15) is 0 Å². The monoisotopic (exact) mass is 304 g/mol. The van der Waals surface area contributed by atoms with Crippen LogP contribution in [0.5, 0.6) is 0 Å². The lowest BCUT2D eigenvalue weighted by molar-refractivity contribution is -0.135. The third-order valence-corrected chi connectivity index (χ3v) is 4.97. The minimum atomic E-state index is 0.0601. The third-order valence-electron chi connectivity index (χ3n) is 4.97. The fourth-order valence-corrected chi connectivity index (χ4v) is 3.51. The summed E-state index contributed by atoms with van der Waals surface area (Å²) in [6.07, 6.45) is 7.28. The largest absolute Gasteiger partial charge is 0.339 e. The van der Waals surface area contributed by atoms with Crippen LogP contribution in [0.4, 0.5) is 0 Å². The first-order valence-corrected chi connectivity index (χ1v) is 8.24.